The molecule has 3 heteroatoms. The number of para-hydroxylation sites is 1. The molecule has 1 unspecified atom stereocenters. The SMILES string of the molecule is COC1(C(=O)CC2CCOc3ccccc32)CCCC1. The second-order valence-corrected chi connectivity index (χ2v) is 5.90. The van der Waals surface area contributed by atoms with Crippen LogP contribution >= 0.6 is 0 Å². The maximum atomic E-state index is 12.7. The number of ether oxygens (including phenoxy) is 2. The van der Waals surface area contributed by atoms with Crippen molar-refractivity contribution in [3.63, 3.8) is 0 Å². The molecule has 1 aromatic carbocycles. The Morgan fingerprint density at radius 3 is 2.85 bits per heavy atom. The van der Waals surface area contributed by atoms with E-state index in [4.69, 9.17) is 9.47 Å². The van der Waals surface area contributed by atoms with Crippen molar-refractivity contribution >= 4 is 5.78 Å². The molecule has 0 radical (unpaired) electrons. The molecule has 1 aliphatic heterocycles. The van der Waals surface area contributed by atoms with Crippen molar-refractivity contribution in [1.82, 2.24) is 0 Å². The molecule has 3 rings (SSSR count). The third kappa shape index (κ3) is 2.35. The van der Waals surface area contributed by atoms with E-state index in [1.165, 1.54) is 5.56 Å². The van der Waals surface area contributed by atoms with Gasteiger partial charge in [-0.15, -0.1) is 0 Å². The number of methoxy groups -OCH3 is 1. The molecular weight excluding hydrogens is 252 g/mol. The Morgan fingerprint density at radius 1 is 1.35 bits per heavy atom. The quantitative estimate of drug-likeness (QED) is 0.843. The molecule has 0 saturated heterocycles. The second-order valence-electron chi connectivity index (χ2n) is 5.90. The van der Waals surface area contributed by atoms with Crippen LogP contribution < -0.4 is 4.74 Å². The highest BCUT2D eigenvalue weighted by Crippen LogP contribution is 2.40. The molecule has 1 aliphatic carbocycles. The zero-order valence-corrected chi connectivity index (χ0v) is 12.1. The predicted molar refractivity (Wildman–Crippen MR) is 77.1 cm³/mol. The molecule has 1 fully saturated rings. The van der Waals surface area contributed by atoms with E-state index in [2.05, 4.69) is 6.07 Å². The normalized spacial score (nSPS) is 23.9. The molecule has 20 heavy (non-hydrogen) atoms. The summed E-state index contributed by atoms with van der Waals surface area (Å²) in [7, 11) is 1.68. The van der Waals surface area contributed by atoms with Gasteiger partial charge in [-0.2, -0.15) is 0 Å². The smallest absolute Gasteiger partial charge is 0.165 e. The van der Waals surface area contributed by atoms with Crippen LogP contribution in [-0.4, -0.2) is 25.1 Å². The highest BCUT2D eigenvalue weighted by atomic mass is 16.5. The van der Waals surface area contributed by atoms with Crippen molar-refractivity contribution in [2.75, 3.05) is 13.7 Å². The lowest BCUT2D eigenvalue weighted by atomic mass is 9.83. The molecule has 1 saturated carbocycles. The molecule has 108 valence electrons. The van der Waals surface area contributed by atoms with E-state index in [0.717, 1.165) is 37.9 Å². The fourth-order valence-corrected chi connectivity index (χ4v) is 3.58. The average molecular weight is 274 g/mol. The van der Waals surface area contributed by atoms with Crippen LogP contribution in [0.1, 0.15) is 50.0 Å². The number of hydrogen-bond donors (Lipinski definition) is 0. The van der Waals surface area contributed by atoms with Crippen LogP contribution in [-0.2, 0) is 9.53 Å². The van der Waals surface area contributed by atoms with Crippen LogP contribution in [0.25, 0.3) is 0 Å². The summed E-state index contributed by atoms with van der Waals surface area (Å²) >= 11 is 0. The molecule has 0 N–H and O–H groups in total. The van der Waals surface area contributed by atoms with E-state index in [-0.39, 0.29) is 11.7 Å². The Hall–Kier alpha value is -1.35. The average Bonchev–Trinajstić information content (AvgIpc) is 2.98. The lowest BCUT2D eigenvalue weighted by Crippen LogP contribution is -2.38. The highest BCUT2D eigenvalue weighted by Gasteiger charge is 2.42. The molecule has 0 bridgehead atoms. The van der Waals surface area contributed by atoms with Crippen molar-refractivity contribution in [3.8, 4) is 5.75 Å². The Balaban J connectivity index is 1.77. The number of hydrogen-bond acceptors (Lipinski definition) is 3. The third-order valence-electron chi connectivity index (χ3n) is 4.82. The standard InChI is InChI=1S/C17H22O3/c1-19-17(9-4-5-10-17)16(18)12-13-8-11-20-15-7-3-2-6-14(13)15/h2-3,6-7,13H,4-5,8-12H2,1H3. The monoisotopic (exact) mass is 274 g/mol. The van der Waals surface area contributed by atoms with Gasteiger partial charge in [0.15, 0.2) is 5.78 Å². The minimum absolute atomic E-state index is 0.277. The summed E-state index contributed by atoms with van der Waals surface area (Å²) in [6.45, 7) is 0.703. The van der Waals surface area contributed by atoms with Crippen LogP contribution in [0.3, 0.4) is 0 Å². The van der Waals surface area contributed by atoms with Crippen LogP contribution in [0, 0.1) is 0 Å². The van der Waals surface area contributed by atoms with Crippen LogP contribution in [0.15, 0.2) is 24.3 Å². The molecule has 0 spiro atoms. The van der Waals surface area contributed by atoms with Gasteiger partial charge in [-0.25, -0.2) is 0 Å². The first-order valence-electron chi connectivity index (χ1n) is 7.55. The first-order valence-corrected chi connectivity index (χ1v) is 7.55. The summed E-state index contributed by atoms with van der Waals surface area (Å²) in [5.74, 6) is 1.49. The molecule has 1 heterocycles. The van der Waals surface area contributed by atoms with E-state index < -0.39 is 5.60 Å². The Morgan fingerprint density at radius 2 is 2.10 bits per heavy atom. The zero-order chi connectivity index (χ0) is 14.0. The number of Topliss-reactive ketones (excluding diaryl/α,β-unsaturated/α-hetero) is 1. The Kier molecular flexibility index (Phi) is 3.79. The molecule has 2 aliphatic rings. The largest absolute Gasteiger partial charge is 0.493 e. The van der Waals surface area contributed by atoms with Crippen molar-refractivity contribution in [2.45, 2.75) is 50.0 Å². The number of fused-ring (bicyclic) bond motifs is 1. The van der Waals surface area contributed by atoms with E-state index in [1.54, 1.807) is 7.11 Å². The summed E-state index contributed by atoms with van der Waals surface area (Å²) in [5.41, 5.74) is 0.670. The van der Waals surface area contributed by atoms with Gasteiger partial charge in [-0.1, -0.05) is 18.2 Å². The van der Waals surface area contributed by atoms with E-state index in [0.29, 0.717) is 13.0 Å². The van der Waals surface area contributed by atoms with Crippen LogP contribution in [0.5, 0.6) is 5.75 Å². The molecule has 3 nitrogen and oxygen atoms in total. The van der Waals surface area contributed by atoms with Gasteiger partial charge in [0, 0.05) is 13.5 Å². The lowest BCUT2D eigenvalue weighted by molar-refractivity contribution is -0.140. The molecule has 1 aromatic rings. The van der Waals surface area contributed by atoms with Gasteiger partial charge < -0.3 is 9.47 Å². The molecule has 0 amide bonds. The minimum atomic E-state index is -0.507. The minimum Gasteiger partial charge on any atom is -0.493 e. The Labute approximate surface area is 120 Å². The van der Waals surface area contributed by atoms with Gasteiger partial charge >= 0.3 is 0 Å². The summed E-state index contributed by atoms with van der Waals surface area (Å²) in [6.07, 6.45) is 5.46. The van der Waals surface area contributed by atoms with Crippen LogP contribution in [0.2, 0.25) is 0 Å². The number of carbonyl (C=O) groups is 1. The fourth-order valence-electron chi connectivity index (χ4n) is 3.58. The summed E-state index contributed by atoms with van der Waals surface area (Å²) in [4.78, 5) is 12.7. The van der Waals surface area contributed by atoms with Gasteiger partial charge in [0.1, 0.15) is 11.4 Å². The van der Waals surface area contributed by atoms with Gasteiger partial charge in [0.25, 0.3) is 0 Å². The van der Waals surface area contributed by atoms with Crippen molar-refractivity contribution < 1.29 is 14.3 Å². The third-order valence-corrected chi connectivity index (χ3v) is 4.82. The van der Waals surface area contributed by atoms with E-state index in [1.807, 2.05) is 18.2 Å². The summed E-state index contributed by atoms with van der Waals surface area (Å²) in [5, 5.41) is 0. The van der Waals surface area contributed by atoms with Crippen LogP contribution in [0.4, 0.5) is 0 Å². The number of ketones is 1. The summed E-state index contributed by atoms with van der Waals surface area (Å²) in [6, 6.07) is 8.08. The van der Waals surface area contributed by atoms with Crippen molar-refractivity contribution in [1.29, 1.82) is 0 Å². The maximum absolute atomic E-state index is 12.7. The molecule has 0 aromatic heterocycles. The zero-order valence-electron chi connectivity index (χ0n) is 12.1. The second kappa shape index (κ2) is 5.57. The van der Waals surface area contributed by atoms with E-state index in [9.17, 15) is 4.79 Å². The molecule has 1 atom stereocenters. The van der Waals surface area contributed by atoms with E-state index >= 15 is 0 Å². The fraction of sp³-hybridized carbons (Fsp3) is 0.588. The summed E-state index contributed by atoms with van der Waals surface area (Å²) < 4.78 is 11.3. The Bertz CT molecular complexity index is 489. The first kappa shape index (κ1) is 13.6. The van der Waals surface area contributed by atoms with Gasteiger partial charge in [-0.05, 0) is 49.7 Å². The lowest BCUT2D eigenvalue weighted by Gasteiger charge is -2.30. The number of carbonyl (C=O) groups excluding carboxylic acids is 1. The maximum Gasteiger partial charge on any atom is 0.165 e. The predicted octanol–water partition coefficient (Wildman–Crippen LogP) is 3.47. The first-order chi connectivity index (χ1) is 9.75. The number of benzene rings is 1. The highest BCUT2D eigenvalue weighted by molar-refractivity contribution is 5.88. The van der Waals surface area contributed by atoms with Crippen molar-refractivity contribution in [3.05, 3.63) is 29.8 Å². The van der Waals surface area contributed by atoms with Crippen molar-refractivity contribution in [2.24, 2.45) is 0 Å². The van der Waals surface area contributed by atoms with Gasteiger partial charge in [0.2, 0.25) is 0 Å². The topological polar surface area (TPSA) is 35.5 Å². The number of rotatable bonds is 4. The molecular formula is C17H22O3. The van der Waals surface area contributed by atoms with Gasteiger partial charge in [0.05, 0.1) is 6.61 Å². The van der Waals surface area contributed by atoms with Gasteiger partial charge in [-0.3, -0.25) is 4.79 Å².